The lowest BCUT2D eigenvalue weighted by molar-refractivity contribution is -0.383. The summed E-state index contributed by atoms with van der Waals surface area (Å²) in [6.45, 7) is 2.92. The van der Waals surface area contributed by atoms with Gasteiger partial charge in [-0.2, -0.15) is 9.97 Å². The molecule has 2 aliphatic heterocycles. The van der Waals surface area contributed by atoms with E-state index >= 15 is 0 Å². The summed E-state index contributed by atoms with van der Waals surface area (Å²) in [5, 5.41) is 14.2. The molecular weight excluding hydrogens is 288 g/mol. The molecule has 1 aromatic heterocycles. The van der Waals surface area contributed by atoms with Gasteiger partial charge in [0.1, 0.15) is 0 Å². The van der Waals surface area contributed by atoms with Crippen molar-refractivity contribution in [3.05, 3.63) is 10.1 Å². The minimum atomic E-state index is -0.541. The number of anilines is 3. The molecule has 0 saturated carbocycles. The highest BCUT2D eigenvalue weighted by molar-refractivity contribution is 5.70. The third kappa shape index (κ3) is 3.03. The van der Waals surface area contributed by atoms with Crippen LogP contribution in [0, 0.1) is 10.1 Å². The van der Waals surface area contributed by atoms with Crippen LogP contribution < -0.4 is 16.0 Å². The van der Waals surface area contributed by atoms with E-state index in [2.05, 4.69) is 15.3 Å². The van der Waals surface area contributed by atoms with Gasteiger partial charge in [0.2, 0.25) is 17.6 Å². The maximum atomic E-state index is 11.2. The van der Waals surface area contributed by atoms with Gasteiger partial charge in [-0.05, 0) is 25.7 Å². The molecule has 3 N–H and O–H groups in total. The van der Waals surface area contributed by atoms with Crippen LogP contribution in [0.4, 0.5) is 23.3 Å². The molecule has 9 nitrogen and oxygen atoms in total. The van der Waals surface area contributed by atoms with Crippen LogP contribution in [0.2, 0.25) is 0 Å². The molecule has 2 fully saturated rings. The second-order valence-electron chi connectivity index (χ2n) is 5.57. The Kier molecular flexibility index (Phi) is 4.23. The second-order valence-corrected chi connectivity index (χ2v) is 5.57. The Morgan fingerprint density at radius 2 is 2.14 bits per heavy atom. The number of nitrogens with one attached hydrogen (secondary N) is 1. The van der Waals surface area contributed by atoms with Crippen LogP contribution >= 0.6 is 0 Å². The Hall–Kier alpha value is -2.16. The summed E-state index contributed by atoms with van der Waals surface area (Å²) in [5.74, 6) is 0.530. The van der Waals surface area contributed by atoms with Crippen molar-refractivity contribution in [1.29, 1.82) is 0 Å². The van der Waals surface area contributed by atoms with Gasteiger partial charge in [-0.25, -0.2) is 0 Å². The monoisotopic (exact) mass is 308 g/mol. The molecule has 1 unspecified atom stereocenters. The number of nitrogen functional groups attached to an aromatic ring is 1. The summed E-state index contributed by atoms with van der Waals surface area (Å²) in [6, 6.07) is 0. The fourth-order valence-electron chi connectivity index (χ4n) is 2.84. The topological polar surface area (TPSA) is 119 Å². The number of rotatable bonds is 5. The summed E-state index contributed by atoms with van der Waals surface area (Å²) in [6.07, 6.45) is 4.16. The van der Waals surface area contributed by atoms with Gasteiger partial charge in [0.25, 0.3) is 0 Å². The maximum Gasteiger partial charge on any atom is 0.353 e. The van der Waals surface area contributed by atoms with E-state index in [0.29, 0.717) is 12.5 Å². The Morgan fingerprint density at radius 1 is 1.36 bits per heavy atom. The van der Waals surface area contributed by atoms with Crippen molar-refractivity contribution in [1.82, 2.24) is 9.97 Å². The first kappa shape index (κ1) is 14.8. The van der Waals surface area contributed by atoms with Crippen molar-refractivity contribution in [2.45, 2.75) is 31.8 Å². The molecule has 0 radical (unpaired) electrons. The van der Waals surface area contributed by atoms with Gasteiger partial charge in [-0.3, -0.25) is 10.1 Å². The van der Waals surface area contributed by atoms with E-state index < -0.39 is 4.92 Å². The number of aromatic nitrogens is 2. The molecule has 0 aliphatic carbocycles. The molecule has 0 spiro atoms. The lowest BCUT2D eigenvalue weighted by Gasteiger charge is -2.17. The van der Waals surface area contributed by atoms with E-state index in [0.717, 1.165) is 45.4 Å². The van der Waals surface area contributed by atoms with Crippen molar-refractivity contribution in [3.63, 3.8) is 0 Å². The Balaban J connectivity index is 1.84. The van der Waals surface area contributed by atoms with Crippen molar-refractivity contribution in [2.75, 3.05) is 42.2 Å². The largest absolute Gasteiger partial charge is 0.378 e. The Bertz CT molecular complexity index is 555. The van der Waals surface area contributed by atoms with Crippen molar-refractivity contribution in [2.24, 2.45) is 0 Å². The van der Waals surface area contributed by atoms with Crippen molar-refractivity contribution >= 4 is 23.3 Å². The molecule has 120 valence electrons. The van der Waals surface area contributed by atoms with Crippen LogP contribution in [0.25, 0.3) is 0 Å². The van der Waals surface area contributed by atoms with E-state index in [1.165, 1.54) is 0 Å². The number of nitro groups is 1. The van der Waals surface area contributed by atoms with Crippen LogP contribution in [0.5, 0.6) is 0 Å². The Labute approximate surface area is 128 Å². The third-order valence-electron chi connectivity index (χ3n) is 3.99. The highest BCUT2D eigenvalue weighted by atomic mass is 16.6. The lowest BCUT2D eigenvalue weighted by Crippen LogP contribution is -2.24. The molecule has 2 aliphatic rings. The fourth-order valence-corrected chi connectivity index (χ4v) is 2.84. The van der Waals surface area contributed by atoms with Crippen molar-refractivity contribution < 1.29 is 9.66 Å². The summed E-state index contributed by atoms with van der Waals surface area (Å²) in [5.41, 5.74) is 5.52. The van der Waals surface area contributed by atoms with Gasteiger partial charge < -0.3 is 20.7 Å². The predicted octanol–water partition coefficient (Wildman–Crippen LogP) is 1.16. The molecule has 0 bridgehead atoms. The minimum absolute atomic E-state index is 0.0611. The minimum Gasteiger partial charge on any atom is -0.378 e. The normalized spacial score (nSPS) is 21.3. The quantitative estimate of drug-likeness (QED) is 0.614. The second kappa shape index (κ2) is 6.30. The third-order valence-corrected chi connectivity index (χ3v) is 3.99. The highest BCUT2D eigenvalue weighted by Gasteiger charge is 2.27. The van der Waals surface area contributed by atoms with Gasteiger partial charge >= 0.3 is 5.69 Å². The number of nitrogens with two attached hydrogens (primary N) is 1. The van der Waals surface area contributed by atoms with Gasteiger partial charge in [-0.15, -0.1) is 0 Å². The zero-order chi connectivity index (χ0) is 15.5. The van der Waals surface area contributed by atoms with Gasteiger partial charge in [0, 0.05) is 26.2 Å². The average molecular weight is 308 g/mol. The smallest absolute Gasteiger partial charge is 0.353 e. The van der Waals surface area contributed by atoms with Gasteiger partial charge in [0.15, 0.2) is 0 Å². The Morgan fingerprint density at radius 3 is 2.77 bits per heavy atom. The first-order chi connectivity index (χ1) is 10.6. The van der Waals surface area contributed by atoms with Crippen LogP contribution in [-0.4, -0.2) is 47.2 Å². The number of hydrogen-bond donors (Lipinski definition) is 2. The zero-order valence-electron chi connectivity index (χ0n) is 12.3. The summed E-state index contributed by atoms with van der Waals surface area (Å²) in [7, 11) is 0. The standard InChI is InChI=1S/C13H20N6O3/c14-11-10(19(20)21)12(15-8-9-4-3-7-22-9)17-13(16-11)18-5-1-2-6-18/h9H,1-8H2,(H3,14,15,16,17). The molecule has 3 heterocycles. The first-order valence-electron chi connectivity index (χ1n) is 7.57. The van der Waals surface area contributed by atoms with Crippen LogP contribution in [0.1, 0.15) is 25.7 Å². The van der Waals surface area contributed by atoms with E-state index in [1.54, 1.807) is 0 Å². The molecule has 1 aromatic rings. The molecule has 1 atom stereocenters. The van der Waals surface area contributed by atoms with E-state index in [1.807, 2.05) is 4.90 Å². The molecule has 0 aromatic carbocycles. The van der Waals surface area contributed by atoms with Crippen molar-refractivity contribution in [3.8, 4) is 0 Å². The number of hydrogen-bond acceptors (Lipinski definition) is 8. The van der Waals surface area contributed by atoms with Gasteiger partial charge in [-0.1, -0.05) is 0 Å². The summed E-state index contributed by atoms with van der Waals surface area (Å²) < 4.78 is 5.52. The average Bonchev–Trinajstić information content (AvgIpc) is 3.17. The molecule has 2 saturated heterocycles. The highest BCUT2D eigenvalue weighted by Crippen LogP contribution is 2.31. The first-order valence-corrected chi connectivity index (χ1v) is 7.57. The fraction of sp³-hybridized carbons (Fsp3) is 0.692. The predicted molar refractivity (Wildman–Crippen MR) is 82.0 cm³/mol. The maximum absolute atomic E-state index is 11.2. The molecule has 0 amide bonds. The van der Waals surface area contributed by atoms with Crippen LogP contribution in [-0.2, 0) is 4.74 Å². The molecule has 9 heteroatoms. The number of ether oxygens (including phenoxy) is 1. The van der Waals surface area contributed by atoms with E-state index in [4.69, 9.17) is 10.5 Å². The number of nitrogens with zero attached hydrogens (tertiary/aromatic N) is 4. The van der Waals surface area contributed by atoms with Gasteiger partial charge in [0.05, 0.1) is 11.0 Å². The molecular formula is C13H20N6O3. The molecule has 3 rings (SSSR count). The zero-order valence-corrected chi connectivity index (χ0v) is 12.3. The molecule has 22 heavy (non-hydrogen) atoms. The van der Waals surface area contributed by atoms with E-state index in [-0.39, 0.29) is 23.4 Å². The summed E-state index contributed by atoms with van der Waals surface area (Å²) >= 11 is 0. The summed E-state index contributed by atoms with van der Waals surface area (Å²) in [4.78, 5) is 21.1. The lowest BCUT2D eigenvalue weighted by atomic mass is 10.2. The van der Waals surface area contributed by atoms with Crippen LogP contribution in [0.3, 0.4) is 0 Å². The van der Waals surface area contributed by atoms with E-state index in [9.17, 15) is 10.1 Å². The SMILES string of the molecule is Nc1nc(N2CCCC2)nc(NCC2CCCO2)c1[N+](=O)[O-]. The van der Waals surface area contributed by atoms with Crippen LogP contribution in [0.15, 0.2) is 0 Å².